The smallest absolute Gasteiger partial charge is 0.469 e. The van der Waals surface area contributed by atoms with Gasteiger partial charge in [-0.25, -0.2) is 0 Å². The summed E-state index contributed by atoms with van der Waals surface area (Å²) in [5.41, 5.74) is 0. The highest BCUT2D eigenvalue weighted by atomic mass is 32.2. The summed E-state index contributed by atoms with van der Waals surface area (Å²) in [6.45, 7) is 7.73. The Labute approximate surface area is 128 Å². The molecule has 0 N–H and O–H groups in total. The Kier molecular flexibility index (Phi) is 12.6. The van der Waals surface area contributed by atoms with E-state index in [0.29, 0.717) is 26.2 Å². The molecular formula is C13H28O5SSi. The summed E-state index contributed by atoms with van der Waals surface area (Å²) in [6.07, 6.45) is 1.43. The minimum atomic E-state index is -2.49. The first-order valence-electron chi connectivity index (χ1n) is 7.20. The fourth-order valence-electron chi connectivity index (χ4n) is 1.75. The highest BCUT2D eigenvalue weighted by Gasteiger charge is 2.39. The monoisotopic (exact) mass is 324 g/mol. The molecule has 120 valence electrons. The number of hydrogen-bond acceptors (Lipinski definition) is 6. The van der Waals surface area contributed by atoms with Crippen molar-refractivity contribution in [1.82, 2.24) is 0 Å². The first-order chi connectivity index (χ1) is 9.64. The van der Waals surface area contributed by atoms with Crippen molar-refractivity contribution in [2.45, 2.75) is 39.7 Å². The lowest BCUT2D eigenvalue weighted by atomic mass is 10.5. The fourth-order valence-corrected chi connectivity index (χ4v) is 5.48. The predicted octanol–water partition coefficient (Wildman–Crippen LogP) is 2.72. The zero-order valence-electron chi connectivity index (χ0n) is 13.1. The van der Waals surface area contributed by atoms with E-state index in [2.05, 4.69) is 4.74 Å². The normalized spacial score (nSPS) is 11.6. The van der Waals surface area contributed by atoms with Gasteiger partial charge in [0.2, 0.25) is 0 Å². The highest BCUT2D eigenvalue weighted by molar-refractivity contribution is 7.99. The molecule has 0 saturated carbocycles. The average Bonchev–Trinajstić information content (AvgIpc) is 2.43. The summed E-state index contributed by atoms with van der Waals surface area (Å²) >= 11 is 1.75. The third-order valence-corrected chi connectivity index (χ3v) is 6.76. The van der Waals surface area contributed by atoms with Crippen LogP contribution in [-0.2, 0) is 22.8 Å². The van der Waals surface area contributed by atoms with Crippen molar-refractivity contribution in [3.63, 3.8) is 0 Å². The van der Waals surface area contributed by atoms with Gasteiger partial charge in [-0.1, -0.05) is 0 Å². The second-order valence-electron chi connectivity index (χ2n) is 4.02. The minimum absolute atomic E-state index is 0.154. The molecule has 0 aromatic carbocycles. The largest absolute Gasteiger partial charge is 0.500 e. The molecule has 0 unspecified atom stereocenters. The molecule has 0 aromatic rings. The van der Waals surface area contributed by atoms with Gasteiger partial charge in [0.05, 0.1) is 13.5 Å². The van der Waals surface area contributed by atoms with E-state index in [0.717, 1.165) is 24.0 Å². The second-order valence-corrected chi connectivity index (χ2v) is 7.98. The van der Waals surface area contributed by atoms with E-state index in [1.165, 1.54) is 7.11 Å². The lowest BCUT2D eigenvalue weighted by Gasteiger charge is -2.28. The topological polar surface area (TPSA) is 54.0 Å². The van der Waals surface area contributed by atoms with Gasteiger partial charge in [-0.05, 0) is 32.9 Å². The van der Waals surface area contributed by atoms with Crippen molar-refractivity contribution in [3.8, 4) is 0 Å². The lowest BCUT2D eigenvalue weighted by Crippen LogP contribution is -2.46. The third kappa shape index (κ3) is 8.96. The molecule has 0 aliphatic rings. The maximum Gasteiger partial charge on any atom is 0.500 e. The molecule has 0 aromatic heterocycles. The van der Waals surface area contributed by atoms with Crippen molar-refractivity contribution in [1.29, 1.82) is 0 Å². The Morgan fingerprint density at radius 3 is 2.00 bits per heavy atom. The summed E-state index contributed by atoms with van der Waals surface area (Å²) in [6, 6.07) is 0.827. The van der Waals surface area contributed by atoms with E-state index < -0.39 is 8.80 Å². The molecular weight excluding hydrogens is 296 g/mol. The van der Waals surface area contributed by atoms with Gasteiger partial charge in [0.1, 0.15) is 0 Å². The Hall–Kier alpha value is -0.0831. The number of esters is 1. The number of hydrogen-bond donors (Lipinski definition) is 0. The Morgan fingerprint density at radius 1 is 1.00 bits per heavy atom. The molecule has 0 aliphatic carbocycles. The summed E-state index contributed by atoms with van der Waals surface area (Å²) in [5.74, 6) is 1.61. The van der Waals surface area contributed by atoms with Crippen LogP contribution in [0, 0.1) is 0 Å². The van der Waals surface area contributed by atoms with Crippen LogP contribution in [0.3, 0.4) is 0 Å². The van der Waals surface area contributed by atoms with E-state index in [1.54, 1.807) is 11.8 Å². The van der Waals surface area contributed by atoms with Crippen LogP contribution in [0.15, 0.2) is 0 Å². The Bertz CT molecular complexity index is 236. The van der Waals surface area contributed by atoms with E-state index in [-0.39, 0.29) is 5.97 Å². The molecule has 0 aliphatic heterocycles. The number of rotatable bonds is 13. The molecule has 20 heavy (non-hydrogen) atoms. The van der Waals surface area contributed by atoms with Gasteiger partial charge >= 0.3 is 14.8 Å². The molecule has 0 amide bonds. The summed E-state index contributed by atoms with van der Waals surface area (Å²) < 4.78 is 22.0. The SMILES string of the molecule is CCO[Si](CCCSCCC(=O)OC)(OCC)OCC. The van der Waals surface area contributed by atoms with Crippen LogP contribution in [-0.4, -0.2) is 53.2 Å². The van der Waals surface area contributed by atoms with Gasteiger partial charge < -0.3 is 18.0 Å². The van der Waals surface area contributed by atoms with Gasteiger partial charge in [-0.2, -0.15) is 11.8 Å². The Balaban J connectivity index is 3.97. The zero-order valence-corrected chi connectivity index (χ0v) is 14.9. The number of ether oxygens (including phenoxy) is 1. The van der Waals surface area contributed by atoms with Crippen LogP contribution in [0.4, 0.5) is 0 Å². The summed E-state index contributed by atoms with van der Waals surface area (Å²) in [5, 5.41) is 0. The molecule has 7 heteroatoms. The standard InChI is InChI=1S/C13H28O5SSi/c1-5-16-20(17-6-2,18-7-3)12-8-10-19-11-9-13(14)15-4/h5-12H2,1-4H3. The summed E-state index contributed by atoms with van der Waals surface area (Å²) in [4.78, 5) is 11.0. The fraction of sp³-hybridized carbons (Fsp3) is 0.923. The van der Waals surface area contributed by atoms with Crippen molar-refractivity contribution < 1.29 is 22.8 Å². The van der Waals surface area contributed by atoms with Crippen molar-refractivity contribution >= 4 is 26.5 Å². The van der Waals surface area contributed by atoms with Crippen molar-refractivity contribution in [2.75, 3.05) is 38.4 Å². The average molecular weight is 325 g/mol. The predicted molar refractivity (Wildman–Crippen MR) is 84.0 cm³/mol. The molecule has 0 fully saturated rings. The number of carbonyl (C=O) groups is 1. The molecule has 0 heterocycles. The van der Waals surface area contributed by atoms with Gasteiger partial charge in [-0.15, -0.1) is 0 Å². The zero-order chi connectivity index (χ0) is 15.3. The molecule has 5 nitrogen and oxygen atoms in total. The molecule has 0 spiro atoms. The van der Waals surface area contributed by atoms with Crippen LogP contribution in [0.5, 0.6) is 0 Å². The van der Waals surface area contributed by atoms with Gasteiger partial charge in [-0.3, -0.25) is 4.79 Å². The third-order valence-electron chi connectivity index (χ3n) is 2.54. The van der Waals surface area contributed by atoms with E-state index in [9.17, 15) is 4.79 Å². The quantitative estimate of drug-likeness (QED) is 0.295. The van der Waals surface area contributed by atoms with Crippen LogP contribution in [0.2, 0.25) is 6.04 Å². The maximum absolute atomic E-state index is 11.0. The van der Waals surface area contributed by atoms with Crippen molar-refractivity contribution in [2.24, 2.45) is 0 Å². The maximum atomic E-state index is 11.0. The highest BCUT2D eigenvalue weighted by Crippen LogP contribution is 2.20. The number of methoxy groups -OCH3 is 1. The molecule has 0 radical (unpaired) electrons. The van der Waals surface area contributed by atoms with Gasteiger partial charge in [0.25, 0.3) is 0 Å². The van der Waals surface area contributed by atoms with Gasteiger partial charge in [0, 0.05) is 31.6 Å². The van der Waals surface area contributed by atoms with Crippen LogP contribution in [0.1, 0.15) is 33.6 Å². The molecule has 0 rings (SSSR count). The van der Waals surface area contributed by atoms with E-state index in [4.69, 9.17) is 13.3 Å². The van der Waals surface area contributed by atoms with Crippen molar-refractivity contribution in [3.05, 3.63) is 0 Å². The molecule has 0 atom stereocenters. The Morgan fingerprint density at radius 2 is 1.55 bits per heavy atom. The van der Waals surface area contributed by atoms with Crippen LogP contribution in [0.25, 0.3) is 0 Å². The number of carbonyl (C=O) groups excluding carboxylic acids is 1. The molecule has 0 bridgehead atoms. The van der Waals surface area contributed by atoms with Crippen LogP contribution >= 0.6 is 11.8 Å². The second kappa shape index (κ2) is 12.6. The first kappa shape index (κ1) is 19.9. The van der Waals surface area contributed by atoms with Crippen LogP contribution < -0.4 is 0 Å². The summed E-state index contributed by atoms with van der Waals surface area (Å²) in [7, 11) is -1.07. The minimum Gasteiger partial charge on any atom is -0.469 e. The van der Waals surface area contributed by atoms with Gasteiger partial charge in [0.15, 0.2) is 0 Å². The lowest BCUT2D eigenvalue weighted by molar-refractivity contribution is -0.140. The molecule has 0 saturated heterocycles. The number of thioether (sulfide) groups is 1. The van der Waals surface area contributed by atoms with E-state index in [1.807, 2.05) is 20.8 Å². The van der Waals surface area contributed by atoms with E-state index >= 15 is 0 Å². The first-order valence-corrected chi connectivity index (χ1v) is 10.3.